The van der Waals surface area contributed by atoms with Crippen LogP contribution >= 0.6 is 15.9 Å². The number of piperidine rings is 1. The lowest BCUT2D eigenvalue weighted by Gasteiger charge is -2.17. The Bertz CT molecular complexity index is 488. The fourth-order valence-electron chi connectivity index (χ4n) is 1.88. The van der Waals surface area contributed by atoms with Gasteiger partial charge in [0.05, 0.1) is 18.4 Å². The molecule has 2 heterocycles. The van der Waals surface area contributed by atoms with E-state index in [0.29, 0.717) is 22.0 Å². The van der Waals surface area contributed by atoms with Crippen molar-refractivity contribution >= 4 is 21.6 Å². The van der Waals surface area contributed by atoms with Crippen LogP contribution in [0.4, 0.5) is 5.69 Å². The summed E-state index contributed by atoms with van der Waals surface area (Å²) in [7, 11) is 1.56. The molecule has 0 aliphatic carbocycles. The summed E-state index contributed by atoms with van der Waals surface area (Å²) in [6.45, 7) is 6.05. The van der Waals surface area contributed by atoms with E-state index < -0.39 is 0 Å². The van der Waals surface area contributed by atoms with Gasteiger partial charge in [-0.05, 0) is 35.3 Å². The maximum atomic E-state index is 5.99. The second-order valence-corrected chi connectivity index (χ2v) is 5.01. The number of aromatic nitrogens is 1. The van der Waals surface area contributed by atoms with Crippen LogP contribution in [0.3, 0.4) is 0 Å². The molecule has 1 saturated heterocycles. The molecule has 1 fully saturated rings. The number of halogens is 1. The van der Waals surface area contributed by atoms with E-state index in [1.807, 2.05) is 13.8 Å². The molecule has 5 heteroatoms. The van der Waals surface area contributed by atoms with Gasteiger partial charge in [-0.3, -0.25) is 0 Å². The molecular formula is C15H22BrN3O. The number of hydrogen-bond acceptors (Lipinski definition) is 4. The summed E-state index contributed by atoms with van der Waals surface area (Å²) in [5.41, 5.74) is 7.31. The summed E-state index contributed by atoms with van der Waals surface area (Å²) < 4.78 is 5.74. The Hall–Kier alpha value is -1.25. The summed E-state index contributed by atoms with van der Waals surface area (Å²) in [6, 6.07) is 0. The molecule has 20 heavy (non-hydrogen) atoms. The molecular weight excluding hydrogens is 318 g/mol. The Morgan fingerprint density at radius 1 is 1.50 bits per heavy atom. The number of nitrogen functional groups attached to an aromatic ring is 1. The fourth-order valence-corrected chi connectivity index (χ4v) is 2.36. The van der Waals surface area contributed by atoms with E-state index in [0.717, 1.165) is 25.1 Å². The van der Waals surface area contributed by atoms with Crippen LogP contribution in [0.5, 0.6) is 5.88 Å². The lowest BCUT2D eigenvalue weighted by atomic mass is 10.00. The summed E-state index contributed by atoms with van der Waals surface area (Å²) >= 11 is 3.36. The Morgan fingerprint density at radius 3 is 2.85 bits per heavy atom. The summed E-state index contributed by atoms with van der Waals surface area (Å²) in [5, 5.41) is 3.34. The van der Waals surface area contributed by atoms with Crippen molar-refractivity contribution in [2.75, 3.05) is 25.9 Å². The highest BCUT2D eigenvalue weighted by Crippen LogP contribution is 2.30. The minimum Gasteiger partial charge on any atom is -0.480 e. The van der Waals surface area contributed by atoms with Gasteiger partial charge >= 0.3 is 0 Å². The van der Waals surface area contributed by atoms with Crippen molar-refractivity contribution in [2.45, 2.75) is 26.7 Å². The molecule has 1 atom stereocenters. The van der Waals surface area contributed by atoms with Crippen molar-refractivity contribution in [3.63, 3.8) is 0 Å². The zero-order valence-electron chi connectivity index (χ0n) is 12.3. The molecule has 0 radical (unpaired) electrons. The highest BCUT2D eigenvalue weighted by molar-refractivity contribution is 9.10. The normalized spacial score (nSPS) is 17.3. The third-order valence-electron chi connectivity index (χ3n) is 2.93. The highest BCUT2D eigenvalue weighted by atomic mass is 79.9. The molecule has 3 N–H and O–H groups in total. The molecule has 1 aliphatic heterocycles. The average molecular weight is 340 g/mol. The third-order valence-corrected chi connectivity index (χ3v) is 3.69. The zero-order valence-corrected chi connectivity index (χ0v) is 13.9. The molecule has 0 spiro atoms. The van der Waals surface area contributed by atoms with Gasteiger partial charge in [-0.25, -0.2) is 4.98 Å². The van der Waals surface area contributed by atoms with E-state index in [9.17, 15) is 0 Å². The Kier molecular flexibility index (Phi) is 7.42. The van der Waals surface area contributed by atoms with E-state index in [1.54, 1.807) is 13.3 Å². The number of pyridine rings is 1. The van der Waals surface area contributed by atoms with Gasteiger partial charge in [0, 0.05) is 18.7 Å². The van der Waals surface area contributed by atoms with Crippen LogP contribution in [-0.4, -0.2) is 25.2 Å². The average Bonchev–Trinajstić information content (AvgIpc) is 2.52. The summed E-state index contributed by atoms with van der Waals surface area (Å²) in [4.78, 5) is 4.15. The van der Waals surface area contributed by atoms with Gasteiger partial charge in [0.15, 0.2) is 0 Å². The van der Waals surface area contributed by atoms with Gasteiger partial charge in [0.25, 0.3) is 0 Å². The minimum absolute atomic E-state index is 0.402. The monoisotopic (exact) mass is 339 g/mol. The number of nitrogens with one attached hydrogen (secondary N) is 1. The van der Waals surface area contributed by atoms with Crippen LogP contribution < -0.4 is 15.8 Å². The van der Waals surface area contributed by atoms with Crippen LogP contribution in [0.2, 0.25) is 0 Å². The smallest absolute Gasteiger partial charge is 0.229 e. The quantitative estimate of drug-likeness (QED) is 0.772. The molecule has 2 rings (SSSR count). The molecule has 1 unspecified atom stereocenters. The molecule has 1 aromatic rings. The number of anilines is 1. The van der Waals surface area contributed by atoms with Gasteiger partial charge in [-0.15, -0.1) is 0 Å². The third kappa shape index (κ3) is 4.39. The van der Waals surface area contributed by atoms with Crippen LogP contribution in [0.25, 0.3) is 0 Å². The SMILES string of the molecule is CC.COc1ncc(C#CC2CCCNC2)c(N)c1Br. The van der Waals surface area contributed by atoms with Crippen molar-refractivity contribution < 1.29 is 4.74 Å². The molecule has 0 bridgehead atoms. The van der Waals surface area contributed by atoms with Gasteiger partial charge in [0.2, 0.25) is 5.88 Å². The van der Waals surface area contributed by atoms with Gasteiger partial charge < -0.3 is 15.8 Å². The first kappa shape index (κ1) is 16.8. The first-order valence-electron chi connectivity index (χ1n) is 6.92. The second-order valence-electron chi connectivity index (χ2n) is 4.22. The minimum atomic E-state index is 0.402. The van der Waals surface area contributed by atoms with E-state index >= 15 is 0 Å². The lowest BCUT2D eigenvalue weighted by molar-refractivity contribution is 0.395. The Balaban J connectivity index is 0.000000956. The fraction of sp³-hybridized carbons (Fsp3) is 0.533. The van der Waals surface area contributed by atoms with Crippen LogP contribution in [0.15, 0.2) is 10.7 Å². The molecule has 1 aromatic heterocycles. The standard InChI is InChI=1S/C13H16BrN3O.C2H6/c1-18-13-11(14)12(15)10(8-17-13)5-4-9-3-2-6-16-7-9;1-2/h8-9,16H,2-3,6-7H2,1H3,(H2,15,17);1-2H3. The van der Waals surface area contributed by atoms with Crippen molar-refractivity contribution in [2.24, 2.45) is 5.92 Å². The van der Waals surface area contributed by atoms with E-state index in [1.165, 1.54) is 6.42 Å². The molecule has 1 aliphatic rings. The van der Waals surface area contributed by atoms with Crippen LogP contribution in [0.1, 0.15) is 32.3 Å². The number of ether oxygens (including phenoxy) is 1. The van der Waals surface area contributed by atoms with E-state index in [2.05, 4.69) is 38.1 Å². The van der Waals surface area contributed by atoms with E-state index in [4.69, 9.17) is 10.5 Å². The largest absolute Gasteiger partial charge is 0.480 e. The Morgan fingerprint density at radius 2 is 2.25 bits per heavy atom. The van der Waals surface area contributed by atoms with Crippen molar-refractivity contribution in [1.82, 2.24) is 10.3 Å². The van der Waals surface area contributed by atoms with Gasteiger partial charge in [-0.1, -0.05) is 25.7 Å². The number of hydrogen-bond donors (Lipinski definition) is 2. The molecule has 110 valence electrons. The van der Waals surface area contributed by atoms with Crippen molar-refractivity contribution in [3.05, 3.63) is 16.2 Å². The molecule has 0 aromatic carbocycles. The number of nitrogens with zero attached hydrogens (tertiary/aromatic N) is 1. The van der Waals surface area contributed by atoms with Crippen LogP contribution in [-0.2, 0) is 0 Å². The van der Waals surface area contributed by atoms with Crippen molar-refractivity contribution in [3.8, 4) is 17.7 Å². The summed E-state index contributed by atoms with van der Waals surface area (Å²) in [5.74, 6) is 7.25. The predicted molar refractivity (Wildman–Crippen MR) is 86.7 cm³/mol. The molecule has 0 saturated carbocycles. The summed E-state index contributed by atoms with van der Waals surface area (Å²) in [6.07, 6.45) is 3.98. The van der Waals surface area contributed by atoms with Crippen LogP contribution in [0, 0.1) is 17.8 Å². The predicted octanol–water partition coefficient (Wildman–Crippen LogP) is 2.81. The maximum absolute atomic E-state index is 5.99. The lowest BCUT2D eigenvalue weighted by Crippen LogP contribution is -2.28. The van der Waals surface area contributed by atoms with Crippen molar-refractivity contribution in [1.29, 1.82) is 0 Å². The number of methoxy groups -OCH3 is 1. The topological polar surface area (TPSA) is 60.2 Å². The Labute approximate surface area is 129 Å². The maximum Gasteiger partial charge on any atom is 0.229 e. The van der Waals surface area contributed by atoms with Gasteiger partial charge in [0.1, 0.15) is 4.47 Å². The first-order chi connectivity index (χ1) is 9.72. The highest BCUT2D eigenvalue weighted by Gasteiger charge is 2.11. The van der Waals surface area contributed by atoms with Gasteiger partial charge in [-0.2, -0.15) is 0 Å². The number of nitrogens with two attached hydrogens (primary N) is 1. The van der Waals surface area contributed by atoms with E-state index in [-0.39, 0.29) is 0 Å². The first-order valence-corrected chi connectivity index (χ1v) is 7.72. The number of rotatable bonds is 1. The zero-order chi connectivity index (χ0) is 15.0. The molecule has 4 nitrogen and oxygen atoms in total. The molecule has 0 amide bonds. The second kappa shape index (κ2) is 8.83.